The van der Waals surface area contributed by atoms with Crippen molar-refractivity contribution in [3.63, 3.8) is 0 Å². The molecule has 0 saturated heterocycles. The van der Waals surface area contributed by atoms with E-state index >= 15 is 0 Å². The molecule has 0 saturated carbocycles. The van der Waals surface area contributed by atoms with Gasteiger partial charge in [-0.1, -0.05) is 54.6 Å². The summed E-state index contributed by atoms with van der Waals surface area (Å²) in [5.41, 5.74) is 6.70. The molecule has 1 atom stereocenters. The zero-order valence-corrected chi connectivity index (χ0v) is 26.9. The van der Waals surface area contributed by atoms with Gasteiger partial charge in [-0.3, -0.25) is 4.79 Å². The molecule has 11 heteroatoms. The first kappa shape index (κ1) is 33.7. The van der Waals surface area contributed by atoms with Crippen LogP contribution in [-0.4, -0.2) is 43.0 Å². The van der Waals surface area contributed by atoms with Crippen molar-refractivity contribution in [2.75, 3.05) is 19.8 Å². The molecule has 10 nitrogen and oxygen atoms in total. The third-order valence-electron chi connectivity index (χ3n) is 6.80. The minimum Gasteiger partial charge on any atom is -0.490 e. The molecule has 4 rings (SSSR count). The molecular formula is C35H38N4O6S. The van der Waals surface area contributed by atoms with E-state index in [9.17, 15) is 9.59 Å². The van der Waals surface area contributed by atoms with Gasteiger partial charge >= 0.3 is 5.97 Å². The van der Waals surface area contributed by atoms with Crippen LogP contribution in [0.25, 0.3) is 0 Å². The summed E-state index contributed by atoms with van der Waals surface area (Å²) in [7, 11) is 0. The van der Waals surface area contributed by atoms with E-state index in [0.717, 1.165) is 11.1 Å². The van der Waals surface area contributed by atoms with E-state index < -0.39 is 17.9 Å². The normalized spacial score (nSPS) is 14.2. The number of hydrogen-bond acceptors (Lipinski definition) is 8. The highest BCUT2D eigenvalue weighted by molar-refractivity contribution is 7.80. The van der Waals surface area contributed by atoms with Crippen LogP contribution in [0.5, 0.6) is 17.2 Å². The predicted octanol–water partition coefficient (Wildman–Crippen LogP) is 5.28. The van der Waals surface area contributed by atoms with Crippen LogP contribution in [0.15, 0.2) is 95.8 Å². The van der Waals surface area contributed by atoms with Crippen LogP contribution in [0.4, 0.5) is 0 Å². The molecule has 3 aromatic carbocycles. The Kier molecular flexibility index (Phi) is 12.3. The van der Waals surface area contributed by atoms with Gasteiger partial charge in [0.2, 0.25) is 0 Å². The van der Waals surface area contributed by atoms with Crippen LogP contribution in [-0.2, 0) is 27.4 Å². The molecule has 0 radical (unpaired) electrons. The molecule has 240 valence electrons. The third kappa shape index (κ3) is 8.95. The fraction of sp³-hybridized carbons (Fsp3) is 0.257. The smallest absolute Gasteiger partial charge is 0.338 e. The second-order valence-corrected chi connectivity index (χ2v) is 10.5. The third-order valence-corrected chi connectivity index (χ3v) is 7.02. The molecule has 0 spiro atoms. The number of carbonyl (C=O) groups is 2. The Morgan fingerprint density at radius 2 is 1.76 bits per heavy atom. The van der Waals surface area contributed by atoms with E-state index in [1.54, 1.807) is 38.1 Å². The number of allylic oxidation sites excluding steroid dienone is 2. The van der Waals surface area contributed by atoms with E-state index in [4.69, 9.17) is 31.2 Å². The van der Waals surface area contributed by atoms with Crippen molar-refractivity contribution in [3.8, 4) is 17.2 Å². The summed E-state index contributed by atoms with van der Waals surface area (Å²) in [4.78, 5) is 25.5. The summed E-state index contributed by atoms with van der Waals surface area (Å²) in [6.45, 7) is 10.0. The van der Waals surface area contributed by atoms with Gasteiger partial charge in [-0.05, 0) is 68.7 Å². The highest BCUT2D eigenvalue weighted by Gasteiger charge is 2.32. The number of nitrogens with one attached hydrogen (secondary N) is 3. The van der Waals surface area contributed by atoms with Crippen molar-refractivity contribution in [1.29, 1.82) is 0 Å². The van der Waals surface area contributed by atoms with E-state index in [2.05, 4.69) is 27.7 Å². The van der Waals surface area contributed by atoms with Gasteiger partial charge in [0.15, 0.2) is 23.2 Å². The van der Waals surface area contributed by atoms with E-state index in [-0.39, 0.29) is 13.2 Å². The van der Waals surface area contributed by atoms with Gasteiger partial charge in [0.05, 0.1) is 31.0 Å². The van der Waals surface area contributed by atoms with E-state index in [0.29, 0.717) is 64.4 Å². The Morgan fingerprint density at radius 3 is 2.50 bits per heavy atom. The van der Waals surface area contributed by atoms with Crippen LogP contribution >= 0.6 is 12.2 Å². The maximum absolute atomic E-state index is 12.8. The molecular weight excluding hydrogens is 604 g/mol. The van der Waals surface area contributed by atoms with Gasteiger partial charge in [0, 0.05) is 16.8 Å². The molecule has 1 aliphatic rings. The molecule has 1 heterocycles. The van der Waals surface area contributed by atoms with Crippen molar-refractivity contribution in [3.05, 3.63) is 113 Å². The molecule has 0 aliphatic carbocycles. The Hall–Kier alpha value is -5.16. The van der Waals surface area contributed by atoms with Crippen molar-refractivity contribution in [1.82, 2.24) is 16.1 Å². The molecule has 46 heavy (non-hydrogen) atoms. The van der Waals surface area contributed by atoms with Gasteiger partial charge in [0.25, 0.3) is 5.91 Å². The highest BCUT2D eigenvalue weighted by atomic mass is 32.1. The number of rotatable bonds is 15. The SMILES string of the molecule is C=CCc1cc(C=NNC(=O)COc2ccccc2[C@@H]2NC(=S)NC(C)=C2C(=O)OCC)cc(OCC)c1OCc1ccccc1. The molecule has 0 bridgehead atoms. The number of nitrogens with zero attached hydrogens (tertiary/aromatic N) is 1. The van der Waals surface area contributed by atoms with Crippen LogP contribution in [0.1, 0.15) is 49.1 Å². The number of carbonyl (C=O) groups excluding carboxylic acids is 2. The topological polar surface area (TPSA) is 120 Å². The Bertz CT molecular complexity index is 1620. The van der Waals surface area contributed by atoms with Crippen molar-refractivity contribution >= 4 is 35.4 Å². The molecule has 0 unspecified atom stereocenters. The molecule has 1 aliphatic heterocycles. The van der Waals surface area contributed by atoms with Gasteiger partial charge < -0.3 is 29.6 Å². The largest absolute Gasteiger partial charge is 0.490 e. The molecule has 1 amide bonds. The summed E-state index contributed by atoms with van der Waals surface area (Å²) in [6.07, 6.45) is 3.87. The maximum Gasteiger partial charge on any atom is 0.338 e. The zero-order chi connectivity index (χ0) is 32.9. The second-order valence-electron chi connectivity index (χ2n) is 10.1. The number of esters is 1. The first-order valence-corrected chi connectivity index (χ1v) is 15.3. The number of amides is 1. The van der Waals surface area contributed by atoms with E-state index in [1.165, 1.54) is 6.21 Å². The van der Waals surface area contributed by atoms with Crippen LogP contribution in [0.3, 0.4) is 0 Å². The predicted molar refractivity (Wildman–Crippen MR) is 181 cm³/mol. The quantitative estimate of drug-likeness (QED) is 0.0669. The average Bonchev–Trinajstić information content (AvgIpc) is 3.04. The number of ether oxygens (including phenoxy) is 4. The minimum atomic E-state index is -0.631. The maximum atomic E-state index is 12.8. The van der Waals surface area contributed by atoms with Crippen molar-refractivity contribution < 1.29 is 28.5 Å². The fourth-order valence-corrected chi connectivity index (χ4v) is 5.10. The summed E-state index contributed by atoms with van der Waals surface area (Å²) in [5, 5.41) is 10.6. The van der Waals surface area contributed by atoms with Crippen LogP contribution in [0, 0.1) is 0 Å². The van der Waals surface area contributed by atoms with Crippen molar-refractivity contribution in [2.24, 2.45) is 5.10 Å². The van der Waals surface area contributed by atoms with Gasteiger partial charge in [-0.15, -0.1) is 6.58 Å². The summed E-state index contributed by atoms with van der Waals surface area (Å²) < 4.78 is 23.2. The number of hydrazone groups is 1. The number of hydrogen-bond donors (Lipinski definition) is 3. The fourth-order valence-electron chi connectivity index (χ4n) is 4.83. The lowest BCUT2D eigenvalue weighted by Crippen LogP contribution is -2.45. The number of para-hydroxylation sites is 1. The first-order chi connectivity index (χ1) is 22.3. The number of benzene rings is 3. The summed E-state index contributed by atoms with van der Waals surface area (Å²) >= 11 is 5.34. The standard InChI is InChI=1S/C35H38N4O6S/c1-5-13-26-18-25(19-29(42-6-2)33(26)45-21-24-14-9-8-10-15-24)20-36-39-30(40)22-44-28-17-12-11-16-27(28)32-31(34(41)43-7-3)23(4)37-35(46)38-32/h5,8-12,14-20,32H,1,6-7,13,21-22H2,2-4H3,(H,39,40)(H2,37,38,46)/t32-/m0/s1. The van der Waals surface area contributed by atoms with Crippen LogP contribution < -0.4 is 30.3 Å². The van der Waals surface area contributed by atoms with Crippen LogP contribution in [0.2, 0.25) is 0 Å². The Balaban J connectivity index is 1.45. The summed E-state index contributed by atoms with van der Waals surface area (Å²) in [6, 6.07) is 20.1. The molecule has 3 aromatic rings. The molecule has 0 fully saturated rings. The lowest BCUT2D eigenvalue weighted by atomic mass is 9.95. The zero-order valence-electron chi connectivity index (χ0n) is 26.1. The number of thiocarbonyl (C=S) groups is 1. The Morgan fingerprint density at radius 1 is 1.00 bits per heavy atom. The minimum absolute atomic E-state index is 0.223. The molecule has 3 N–H and O–H groups in total. The highest BCUT2D eigenvalue weighted by Crippen LogP contribution is 2.35. The lowest BCUT2D eigenvalue weighted by Gasteiger charge is -2.30. The molecule has 0 aromatic heterocycles. The lowest BCUT2D eigenvalue weighted by molar-refractivity contribution is -0.139. The van der Waals surface area contributed by atoms with Crippen molar-refractivity contribution in [2.45, 2.75) is 39.8 Å². The van der Waals surface area contributed by atoms with E-state index in [1.807, 2.05) is 55.5 Å². The Labute approximate surface area is 274 Å². The van der Waals surface area contributed by atoms with Gasteiger partial charge in [0.1, 0.15) is 12.4 Å². The monoisotopic (exact) mass is 642 g/mol. The van der Waals surface area contributed by atoms with Gasteiger partial charge in [-0.25, -0.2) is 10.2 Å². The van der Waals surface area contributed by atoms with Gasteiger partial charge in [-0.2, -0.15) is 5.10 Å². The summed E-state index contributed by atoms with van der Waals surface area (Å²) in [5.74, 6) is 0.659. The average molecular weight is 643 g/mol. The second kappa shape index (κ2) is 16.8. The first-order valence-electron chi connectivity index (χ1n) is 14.9.